The van der Waals surface area contributed by atoms with Gasteiger partial charge in [-0.05, 0) is 0 Å². The molecule has 0 amide bonds. The molecule has 0 spiro atoms. The van der Waals surface area contributed by atoms with Crippen LogP contribution in [0.15, 0.2) is 0 Å². The molecule has 0 unspecified atom stereocenters. The molecule has 3 heteroatoms. The first-order valence-electron chi connectivity index (χ1n) is 1.24. The first-order valence-corrected chi connectivity index (χ1v) is 5.76. The van der Waals surface area contributed by atoms with E-state index in [1.54, 1.807) is 0 Å². The molecular weight excluding hydrogens is 131 g/mol. The number of hydrogen-bond donors (Lipinski definition) is 0. The van der Waals surface area contributed by atoms with Gasteiger partial charge < -0.3 is 0 Å². The van der Waals surface area contributed by atoms with Crippen molar-refractivity contribution < 1.29 is 9.13 Å². The third-order valence-electron chi connectivity index (χ3n) is 0.149. The molecule has 0 aromatic heterocycles. The standard InChI is InChI=1S/C2H6AsO2/c1-3(2)5-4/h1-2H3. The van der Waals surface area contributed by atoms with Crippen LogP contribution in [0.1, 0.15) is 0 Å². The van der Waals surface area contributed by atoms with Gasteiger partial charge in [0.15, 0.2) is 0 Å². The van der Waals surface area contributed by atoms with Crippen molar-refractivity contribution >= 4 is 15.0 Å². The van der Waals surface area contributed by atoms with Gasteiger partial charge in [-0.15, -0.1) is 0 Å². The van der Waals surface area contributed by atoms with E-state index < -0.39 is 15.0 Å². The summed E-state index contributed by atoms with van der Waals surface area (Å²) in [4.78, 5) is 0. The number of rotatable bonds is 1. The quantitative estimate of drug-likeness (QED) is 0.295. The normalized spacial score (nSPS) is 9.60. The van der Waals surface area contributed by atoms with Crippen molar-refractivity contribution in [3.63, 3.8) is 0 Å². The van der Waals surface area contributed by atoms with Gasteiger partial charge in [0.1, 0.15) is 0 Å². The van der Waals surface area contributed by atoms with Crippen molar-refractivity contribution in [3.05, 3.63) is 0 Å². The van der Waals surface area contributed by atoms with Crippen LogP contribution in [0.25, 0.3) is 0 Å². The maximum absolute atomic E-state index is 9.19. The zero-order valence-electron chi connectivity index (χ0n) is 3.26. The van der Waals surface area contributed by atoms with E-state index >= 15 is 0 Å². The molecule has 0 saturated heterocycles. The molecule has 0 bridgehead atoms. The van der Waals surface area contributed by atoms with E-state index in [1.807, 2.05) is 11.4 Å². The van der Waals surface area contributed by atoms with Crippen LogP contribution in [-0.2, 0) is 9.13 Å². The molecule has 0 aromatic carbocycles. The Morgan fingerprint density at radius 2 is 1.80 bits per heavy atom. The van der Waals surface area contributed by atoms with Gasteiger partial charge in [-0.2, -0.15) is 0 Å². The zero-order chi connectivity index (χ0) is 4.28. The summed E-state index contributed by atoms with van der Waals surface area (Å²) in [7, 11) is 0. The van der Waals surface area contributed by atoms with Gasteiger partial charge in [0.25, 0.3) is 0 Å². The summed E-state index contributed by atoms with van der Waals surface area (Å²) in [6.45, 7) is 0. The Bertz CT molecular complexity index is 21.6. The van der Waals surface area contributed by atoms with Gasteiger partial charge in [0.05, 0.1) is 0 Å². The molecular formula is C2H6AsO2. The third-order valence-corrected chi connectivity index (χ3v) is 0.775. The van der Waals surface area contributed by atoms with Gasteiger partial charge in [0.2, 0.25) is 0 Å². The molecule has 0 saturated carbocycles. The second kappa shape index (κ2) is 2.70. The van der Waals surface area contributed by atoms with Crippen molar-refractivity contribution in [2.75, 3.05) is 0 Å². The molecule has 0 atom stereocenters. The molecule has 0 rings (SSSR count). The molecule has 1 radical (unpaired) electrons. The molecule has 0 aliphatic rings. The molecule has 31 valence electrons. The summed E-state index contributed by atoms with van der Waals surface area (Å²) >= 11 is -1.26. The molecule has 0 fully saturated rings. The van der Waals surface area contributed by atoms with Gasteiger partial charge in [-0.3, -0.25) is 0 Å². The topological polar surface area (TPSA) is 29.1 Å². The zero-order valence-corrected chi connectivity index (χ0v) is 5.14. The Kier molecular flexibility index (Phi) is 2.96. The van der Waals surface area contributed by atoms with Gasteiger partial charge in [-0.25, -0.2) is 0 Å². The Morgan fingerprint density at radius 1 is 1.60 bits per heavy atom. The summed E-state index contributed by atoms with van der Waals surface area (Å²) in [6, 6.07) is 0. The fraction of sp³-hybridized carbons (Fsp3) is 1.00. The van der Waals surface area contributed by atoms with Gasteiger partial charge in [-0.1, -0.05) is 0 Å². The molecule has 2 nitrogen and oxygen atoms in total. The van der Waals surface area contributed by atoms with E-state index in [-0.39, 0.29) is 0 Å². The summed E-state index contributed by atoms with van der Waals surface area (Å²) < 4.78 is 3.65. The third kappa shape index (κ3) is 4.48. The second-order valence-electron chi connectivity index (χ2n) is 0.887. The molecule has 0 N–H and O–H groups in total. The van der Waals surface area contributed by atoms with Gasteiger partial charge >= 0.3 is 35.5 Å². The molecule has 0 aliphatic heterocycles. The van der Waals surface area contributed by atoms with Crippen LogP contribution in [0, 0.1) is 0 Å². The Balaban J connectivity index is 2.54. The predicted molar refractivity (Wildman–Crippen MR) is 19.3 cm³/mol. The van der Waals surface area contributed by atoms with Crippen molar-refractivity contribution in [2.24, 2.45) is 0 Å². The van der Waals surface area contributed by atoms with Crippen LogP contribution in [0.3, 0.4) is 0 Å². The monoisotopic (exact) mass is 137 g/mol. The SMILES string of the molecule is C[As](C)O[O]. The van der Waals surface area contributed by atoms with E-state index in [9.17, 15) is 5.26 Å². The van der Waals surface area contributed by atoms with E-state index in [0.29, 0.717) is 0 Å². The van der Waals surface area contributed by atoms with Crippen molar-refractivity contribution in [1.29, 1.82) is 0 Å². The van der Waals surface area contributed by atoms with E-state index in [1.165, 1.54) is 0 Å². The average molecular weight is 137 g/mol. The summed E-state index contributed by atoms with van der Waals surface area (Å²) in [5.41, 5.74) is 3.67. The summed E-state index contributed by atoms with van der Waals surface area (Å²) in [5.74, 6) is 0. The summed E-state index contributed by atoms with van der Waals surface area (Å²) in [6.07, 6.45) is 0. The van der Waals surface area contributed by atoms with Crippen molar-refractivity contribution in [2.45, 2.75) is 11.4 Å². The average Bonchev–Trinajstić information content (AvgIpc) is 1.38. The second-order valence-corrected chi connectivity index (χ2v) is 4.61. The Labute approximate surface area is 36.3 Å². The van der Waals surface area contributed by atoms with Crippen molar-refractivity contribution in [3.8, 4) is 0 Å². The van der Waals surface area contributed by atoms with Crippen LogP contribution in [0.4, 0.5) is 0 Å². The predicted octanol–water partition coefficient (Wildman–Crippen LogP) is 0.600. The molecule has 0 aliphatic carbocycles. The molecule has 5 heavy (non-hydrogen) atoms. The van der Waals surface area contributed by atoms with Crippen LogP contribution in [0.2, 0.25) is 11.4 Å². The van der Waals surface area contributed by atoms with Crippen LogP contribution in [0.5, 0.6) is 0 Å². The van der Waals surface area contributed by atoms with Crippen LogP contribution < -0.4 is 0 Å². The maximum atomic E-state index is 9.19. The van der Waals surface area contributed by atoms with Gasteiger partial charge in [0, 0.05) is 0 Å². The first kappa shape index (κ1) is 5.48. The molecule has 0 aromatic rings. The fourth-order valence-electron chi connectivity index (χ4n) is 0. The van der Waals surface area contributed by atoms with E-state index in [0.717, 1.165) is 0 Å². The minimum atomic E-state index is -1.26. The van der Waals surface area contributed by atoms with Crippen LogP contribution >= 0.6 is 0 Å². The Morgan fingerprint density at radius 3 is 1.80 bits per heavy atom. The molecule has 0 heterocycles. The van der Waals surface area contributed by atoms with E-state index in [4.69, 9.17) is 0 Å². The number of hydrogen-bond acceptors (Lipinski definition) is 1. The minimum absolute atomic E-state index is 1.26. The van der Waals surface area contributed by atoms with Crippen molar-refractivity contribution in [1.82, 2.24) is 0 Å². The summed E-state index contributed by atoms with van der Waals surface area (Å²) in [5, 5.41) is 9.19. The first-order chi connectivity index (χ1) is 2.27. The Hall–Kier alpha value is 0.478. The van der Waals surface area contributed by atoms with E-state index in [2.05, 4.69) is 3.88 Å². The fourth-order valence-corrected chi connectivity index (χ4v) is 0. The van der Waals surface area contributed by atoms with Crippen LogP contribution in [-0.4, -0.2) is 15.0 Å².